The third-order valence-electron chi connectivity index (χ3n) is 2.58. The molecule has 0 amide bonds. The molecule has 0 aromatic carbocycles. The molecule has 0 radical (unpaired) electrons. The number of hydrogen-bond donors (Lipinski definition) is 0. The van der Waals surface area contributed by atoms with Crippen LogP contribution in [0.25, 0.3) is 0 Å². The van der Waals surface area contributed by atoms with Crippen molar-refractivity contribution in [2.45, 2.75) is 32.6 Å². The van der Waals surface area contributed by atoms with Gasteiger partial charge in [0.05, 0.1) is 19.1 Å². The van der Waals surface area contributed by atoms with Crippen molar-refractivity contribution in [3.8, 4) is 0 Å². The molecule has 0 N–H and O–H groups in total. The van der Waals surface area contributed by atoms with Crippen LogP contribution in [-0.2, 0) is 19.1 Å². The van der Waals surface area contributed by atoms with Crippen molar-refractivity contribution < 1.29 is 19.1 Å². The lowest BCUT2D eigenvalue weighted by atomic mass is 9.95. The highest BCUT2D eigenvalue weighted by atomic mass is 16.5. The van der Waals surface area contributed by atoms with E-state index in [1.54, 1.807) is 6.92 Å². The van der Waals surface area contributed by atoms with Crippen molar-refractivity contribution in [1.82, 2.24) is 0 Å². The van der Waals surface area contributed by atoms with Crippen molar-refractivity contribution in [1.29, 1.82) is 0 Å². The molecule has 1 atom stereocenters. The number of rotatable bonds is 4. The normalized spacial score (nSPS) is 20.8. The fraction of sp³-hybridized carbons (Fsp3) is 0.667. The third-order valence-corrected chi connectivity index (χ3v) is 2.58. The minimum Gasteiger partial charge on any atom is -0.465 e. The van der Waals surface area contributed by atoms with Crippen LogP contribution in [0.4, 0.5) is 0 Å². The van der Waals surface area contributed by atoms with Gasteiger partial charge in [-0.05, 0) is 32.6 Å². The van der Waals surface area contributed by atoms with Crippen molar-refractivity contribution in [3.05, 3.63) is 12.2 Å². The summed E-state index contributed by atoms with van der Waals surface area (Å²) in [6, 6.07) is 0. The molecule has 90 valence electrons. The lowest BCUT2D eigenvalue weighted by Gasteiger charge is -2.12. The van der Waals surface area contributed by atoms with E-state index < -0.39 is 5.97 Å². The van der Waals surface area contributed by atoms with E-state index in [4.69, 9.17) is 9.47 Å². The minimum atomic E-state index is -0.417. The maximum absolute atomic E-state index is 11.5. The van der Waals surface area contributed by atoms with Crippen molar-refractivity contribution in [2.75, 3.05) is 13.2 Å². The van der Waals surface area contributed by atoms with Gasteiger partial charge in [0.1, 0.15) is 0 Å². The van der Waals surface area contributed by atoms with E-state index in [1.165, 1.54) is 0 Å². The predicted octanol–water partition coefficient (Wildman–Crippen LogP) is 1.84. The van der Waals surface area contributed by atoms with Gasteiger partial charge in [-0.3, -0.25) is 4.79 Å². The molecular weight excluding hydrogens is 208 g/mol. The molecular formula is C12H18O4. The maximum atomic E-state index is 11.5. The van der Waals surface area contributed by atoms with Gasteiger partial charge in [-0.25, -0.2) is 4.79 Å². The Labute approximate surface area is 95.6 Å². The average molecular weight is 226 g/mol. The van der Waals surface area contributed by atoms with Crippen LogP contribution >= 0.6 is 0 Å². The highest BCUT2D eigenvalue weighted by Crippen LogP contribution is 2.22. The molecule has 0 bridgehead atoms. The molecule has 0 aliphatic carbocycles. The van der Waals surface area contributed by atoms with Gasteiger partial charge in [-0.15, -0.1) is 0 Å². The van der Waals surface area contributed by atoms with Crippen LogP contribution in [0.1, 0.15) is 32.6 Å². The smallest absolute Gasteiger partial charge is 0.333 e. The van der Waals surface area contributed by atoms with Gasteiger partial charge in [0.15, 0.2) is 0 Å². The van der Waals surface area contributed by atoms with E-state index in [0.717, 1.165) is 19.3 Å². The van der Waals surface area contributed by atoms with Crippen molar-refractivity contribution >= 4 is 11.9 Å². The average Bonchev–Trinajstić information content (AvgIpc) is 2.45. The van der Waals surface area contributed by atoms with Crippen molar-refractivity contribution in [3.63, 3.8) is 0 Å². The zero-order valence-electron chi connectivity index (χ0n) is 9.66. The summed E-state index contributed by atoms with van der Waals surface area (Å²) in [7, 11) is 0. The number of hydrogen-bond acceptors (Lipinski definition) is 4. The van der Waals surface area contributed by atoms with Gasteiger partial charge in [0.25, 0.3) is 0 Å². The largest absolute Gasteiger partial charge is 0.465 e. The number of carbonyl (C=O) groups is 2. The second-order valence-corrected chi connectivity index (χ2v) is 3.89. The van der Waals surface area contributed by atoms with Crippen LogP contribution in [0.2, 0.25) is 0 Å². The molecule has 4 heteroatoms. The van der Waals surface area contributed by atoms with Gasteiger partial charge in [-0.1, -0.05) is 6.58 Å². The van der Waals surface area contributed by atoms with E-state index >= 15 is 0 Å². The molecule has 4 nitrogen and oxygen atoms in total. The molecule has 1 aliphatic rings. The first-order valence-electron chi connectivity index (χ1n) is 5.66. The van der Waals surface area contributed by atoms with E-state index in [0.29, 0.717) is 25.2 Å². The Balaban J connectivity index is 2.48. The fourth-order valence-electron chi connectivity index (χ4n) is 1.70. The summed E-state index contributed by atoms with van der Waals surface area (Å²) in [6.45, 7) is 6.20. The SMILES string of the molecule is C=C(CC1CCCCOC1=O)C(=O)OCC. The number of ether oxygens (including phenoxy) is 2. The zero-order valence-corrected chi connectivity index (χ0v) is 9.66. The van der Waals surface area contributed by atoms with Crippen LogP contribution in [0.15, 0.2) is 12.2 Å². The van der Waals surface area contributed by atoms with Crippen LogP contribution in [0.5, 0.6) is 0 Å². The Kier molecular flexibility index (Phi) is 5.02. The summed E-state index contributed by atoms with van der Waals surface area (Å²) < 4.78 is 9.84. The lowest BCUT2D eigenvalue weighted by Crippen LogP contribution is -2.19. The van der Waals surface area contributed by atoms with Crippen LogP contribution in [0.3, 0.4) is 0 Å². The number of carbonyl (C=O) groups excluding carboxylic acids is 2. The summed E-state index contributed by atoms with van der Waals surface area (Å²) in [6.07, 6.45) is 2.95. The topological polar surface area (TPSA) is 52.6 Å². The van der Waals surface area contributed by atoms with Gasteiger partial charge < -0.3 is 9.47 Å². The summed E-state index contributed by atoms with van der Waals surface area (Å²) in [4.78, 5) is 22.9. The summed E-state index contributed by atoms with van der Waals surface area (Å²) in [5.41, 5.74) is 0.353. The molecule has 1 rings (SSSR count). The van der Waals surface area contributed by atoms with E-state index in [9.17, 15) is 9.59 Å². The number of esters is 2. The van der Waals surface area contributed by atoms with Gasteiger partial charge in [-0.2, -0.15) is 0 Å². The molecule has 0 aromatic rings. The van der Waals surface area contributed by atoms with Crippen LogP contribution in [0, 0.1) is 5.92 Å². The van der Waals surface area contributed by atoms with E-state index in [1.807, 2.05) is 0 Å². The van der Waals surface area contributed by atoms with Crippen LogP contribution < -0.4 is 0 Å². The molecule has 0 saturated carbocycles. The molecule has 1 unspecified atom stereocenters. The molecule has 0 spiro atoms. The first kappa shape index (κ1) is 12.7. The van der Waals surface area contributed by atoms with E-state index in [-0.39, 0.29) is 11.9 Å². The van der Waals surface area contributed by atoms with Crippen LogP contribution in [-0.4, -0.2) is 25.2 Å². The molecule has 1 aliphatic heterocycles. The highest BCUT2D eigenvalue weighted by Gasteiger charge is 2.25. The standard InChI is InChI=1S/C12H18O4/c1-3-15-11(13)9(2)8-10-6-4-5-7-16-12(10)14/h10H,2-8H2,1H3. The first-order chi connectivity index (χ1) is 7.65. The highest BCUT2D eigenvalue weighted by molar-refractivity contribution is 5.88. The molecule has 1 fully saturated rings. The maximum Gasteiger partial charge on any atom is 0.333 e. The Morgan fingerprint density at radius 1 is 1.56 bits per heavy atom. The zero-order chi connectivity index (χ0) is 12.0. The van der Waals surface area contributed by atoms with E-state index in [2.05, 4.69) is 6.58 Å². The monoisotopic (exact) mass is 226 g/mol. The van der Waals surface area contributed by atoms with Gasteiger partial charge in [0.2, 0.25) is 0 Å². The second kappa shape index (κ2) is 6.30. The Hall–Kier alpha value is -1.32. The Morgan fingerprint density at radius 2 is 2.31 bits per heavy atom. The summed E-state index contributed by atoms with van der Waals surface area (Å²) >= 11 is 0. The van der Waals surface area contributed by atoms with Gasteiger partial charge in [0, 0.05) is 5.57 Å². The fourth-order valence-corrected chi connectivity index (χ4v) is 1.70. The first-order valence-corrected chi connectivity index (χ1v) is 5.66. The quantitative estimate of drug-likeness (QED) is 0.542. The lowest BCUT2D eigenvalue weighted by molar-refractivity contribution is -0.147. The summed E-state index contributed by atoms with van der Waals surface area (Å²) in [5, 5.41) is 0. The van der Waals surface area contributed by atoms with Crippen molar-refractivity contribution in [2.24, 2.45) is 5.92 Å². The number of cyclic esters (lactones) is 1. The summed E-state index contributed by atoms with van der Waals surface area (Å²) in [5.74, 6) is -0.873. The minimum absolute atomic E-state index is 0.219. The Morgan fingerprint density at radius 3 is 3.00 bits per heavy atom. The van der Waals surface area contributed by atoms with Gasteiger partial charge >= 0.3 is 11.9 Å². The predicted molar refractivity (Wildman–Crippen MR) is 58.7 cm³/mol. The molecule has 1 saturated heterocycles. The molecule has 16 heavy (non-hydrogen) atoms. The third kappa shape index (κ3) is 3.68. The second-order valence-electron chi connectivity index (χ2n) is 3.89. The molecule has 1 heterocycles. The Bertz CT molecular complexity index is 283. The molecule has 0 aromatic heterocycles.